The molecule has 0 saturated carbocycles. The van der Waals surface area contributed by atoms with Gasteiger partial charge in [-0.15, -0.1) is 0 Å². The largest absolute Gasteiger partial charge is 0.351 e. The molecule has 2 heterocycles. The number of nitrogens with zero attached hydrogens (tertiary/aromatic N) is 3. The van der Waals surface area contributed by atoms with Gasteiger partial charge in [0.25, 0.3) is 0 Å². The standard InChI is InChI=1S/C17H12Cl2N4/c1-23-17(15-8-20-9-21-15)13-4-2-3-12(16(13)22-23)11-6-5-10(18)7-14(11)19/h2-9H,1H3,(H,20,21). The molecule has 0 saturated heterocycles. The first kappa shape index (κ1) is 14.3. The van der Waals surface area contributed by atoms with E-state index >= 15 is 0 Å². The predicted octanol–water partition coefficient (Wildman–Crippen LogP) is 4.94. The average Bonchev–Trinajstić information content (AvgIpc) is 3.13. The number of fused-ring (bicyclic) bond motifs is 1. The van der Waals surface area contributed by atoms with E-state index in [0.717, 1.165) is 33.4 Å². The second kappa shape index (κ2) is 5.41. The lowest BCUT2D eigenvalue weighted by atomic mass is 10.0. The van der Waals surface area contributed by atoms with Crippen LogP contribution >= 0.6 is 23.2 Å². The lowest BCUT2D eigenvalue weighted by Crippen LogP contribution is -1.93. The number of hydrogen-bond donors (Lipinski definition) is 1. The highest BCUT2D eigenvalue weighted by Crippen LogP contribution is 2.37. The van der Waals surface area contributed by atoms with Crippen molar-refractivity contribution in [3.8, 4) is 22.5 Å². The average molecular weight is 343 g/mol. The molecule has 0 spiro atoms. The lowest BCUT2D eigenvalue weighted by Gasteiger charge is -2.06. The highest BCUT2D eigenvalue weighted by molar-refractivity contribution is 6.36. The van der Waals surface area contributed by atoms with Gasteiger partial charge in [-0.25, -0.2) is 4.98 Å². The highest BCUT2D eigenvalue weighted by Gasteiger charge is 2.17. The van der Waals surface area contributed by atoms with Crippen LogP contribution in [0.3, 0.4) is 0 Å². The fourth-order valence-corrected chi connectivity index (χ4v) is 3.35. The Labute approximate surface area is 142 Å². The normalized spacial score (nSPS) is 11.3. The van der Waals surface area contributed by atoms with E-state index in [2.05, 4.69) is 15.1 Å². The monoisotopic (exact) mass is 342 g/mol. The molecule has 0 aliphatic carbocycles. The van der Waals surface area contributed by atoms with Crippen LogP contribution in [0.5, 0.6) is 0 Å². The number of imidazole rings is 1. The van der Waals surface area contributed by atoms with E-state index in [0.29, 0.717) is 10.0 Å². The molecule has 114 valence electrons. The third-order valence-corrected chi connectivity index (χ3v) is 4.37. The fourth-order valence-electron chi connectivity index (χ4n) is 2.84. The van der Waals surface area contributed by atoms with E-state index in [1.54, 1.807) is 12.4 Å². The van der Waals surface area contributed by atoms with E-state index in [1.807, 2.05) is 48.3 Å². The van der Waals surface area contributed by atoms with Gasteiger partial charge in [-0.2, -0.15) is 5.10 Å². The van der Waals surface area contributed by atoms with E-state index in [9.17, 15) is 0 Å². The summed E-state index contributed by atoms with van der Waals surface area (Å²) < 4.78 is 1.84. The molecule has 0 bridgehead atoms. The first-order valence-corrected chi connectivity index (χ1v) is 7.81. The number of aromatic nitrogens is 4. The van der Waals surface area contributed by atoms with Gasteiger partial charge in [0.1, 0.15) is 11.2 Å². The Morgan fingerprint density at radius 1 is 1.09 bits per heavy atom. The molecule has 2 aromatic carbocycles. The van der Waals surface area contributed by atoms with Crippen molar-refractivity contribution in [3.63, 3.8) is 0 Å². The highest BCUT2D eigenvalue weighted by atomic mass is 35.5. The minimum absolute atomic E-state index is 0.608. The maximum atomic E-state index is 6.37. The quantitative estimate of drug-likeness (QED) is 0.560. The minimum Gasteiger partial charge on any atom is -0.351 e. The summed E-state index contributed by atoms with van der Waals surface area (Å²) in [5, 5.41) is 6.93. The summed E-state index contributed by atoms with van der Waals surface area (Å²) in [6.07, 6.45) is 3.52. The van der Waals surface area contributed by atoms with Crippen LogP contribution in [0.2, 0.25) is 10.0 Å². The van der Waals surface area contributed by atoms with Crippen molar-refractivity contribution in [1.82, 2.24) is 19.7 Å². The van der Waals surface area contributed by atoms with Gasteiger partial charge in [-0.3, -0.25) is 4.68 Å². The zero-order valence-corrected chi connectivity index (χ0v) is 13.7. The molecule has 0 aliphatic rings. The van der Waals surface area contributed by atoms with Crippen molar-refractivity contribution < 1.29 is 0 Å². The molecule has 0 atom stereocenters. The molecule has 4 aromatic rings. The Hall–Kier alpha value is -2.30. The molecule has 23 heavy (non-hydrogen) atoms. The smallest absolute Gasteiger partial charge is 0.107 e. The van der Waals surface area contributed by atoms with Crippen molar-refractivity contribution in [1.29, 1.82) is 0 Å². The third kappa shape index (κ3) is 2.31. The number of rotatable bonds is 2. The van der Waals surface area contributed by atoms with Gasteiger partial charge in [0.05, 0.1) is 12.0 Å². The van der Waals surface area contributed by atoms with E-state index in [-0.39, 0.29) is 0 Å². The Morgan fingerprint density at radius 2 is 1.96 bits per heavy atom. The lowest BCUT2D eigenvalue weighted by molar-refractivity contribution is 0.786. The van der Waals surface area contributed by atoms with Crippen molar-refractivity contribution in [2.75, 3.05) is 0 Å². The van der Waals surface area contributed by atoms with Crippen LogP contribution in [0.25, 0.3) is 33.4 Å². The van der Waals surface area contributed by atoms with Crippen LogP contribution in [-0.2, 0) is 7.05 Å². The number of H-pyrrole nitrogens is 1. The molecule has 1 N–H and O–H groups in total. The summed E-state index contributed by atoms with van der Waals surface area (Å²) in [5.74, 6) is 0. The Morgan fingerprint density at radius 3 is 2.70 bits per heavy atom. The summed E-state index contributed by atoms with van der Waals surface area (Å²) in [5.41, 5.74) is 4.59. The van der Waals surface area contributed by atoms with Gasteiger partial charge in [0.15, 0.2) is 0 Å². The van der Waals surface area contributed by atoms with Crippen molar-refractivity contribution >= 4 is 34.1 Å². The third-order valence-electron chi connectivity index (χ3n) is 3.83. The zero-order chi connectivity index (χ0) is 16.0. The van der Waals surface area contributed by atoms with Crippen LogP contribution in [0.15, 0.2) is 48.9 Å². The van der Waals surface area contributed by atoms with Gasteiger partial charge in [-0.05, 0) is 12.1 Å². The van der Waals surface area contributed by atoms with Crippen molar-refractivity contribution in [2.45, 2.75) is 0 Å². The molecular weight excluding hydrogens is 331 g/mol. The number of halogens is 2. The zero-order valence-electron chi connectivity index (χ0n) is 12.2. The molecule has 0 radical (unpaired) electrons. The van der Waals surface area contributed by atoms with Gasteiger partial charge in [0.2, 0.25) is 0 Å². The van der Waals surface area contributed by atoms with Crippen molar-refractivity contribution in [3.05, 3.63) is 59.0 Å². The van der Waals surface area contributed by atoms with E-state index < -0.39 is 0 Å². The van der Waals surface area contributed by atoms with Gasteiger partial charge < -0.3 is 4.98 Å². The van der Waals surface area contributed by atoms with Crippen LogP contribution < -0.4 is 0 Å². The SMILES string of the molecule is Cn1nc2c(-c3ccc(Cl)cc3Cl)cccc2c1-c1c[nH]cn1. The van der Waals surface area contributed by atoms with Crippen LogP contribution in [-0.4, -0.2) is 19.7 Å². The van der Waals surface area contributed by atoms with Gasteiger partial charge in [-0.1, -0.05) is 47.5 Å². The first-order chi connectivity index (χ1) is 11.1. The van der Waals surface area contributed by atoms with Crippen LogP contribution in [0.1, 0.15) is 0 Å². The molecule has 0 unspecified atom stereocenters. The Balaban J connectivity index is 2.01. The summed E-state index contributed by atoms with van der Waals surface area (Å²) in [6, 6.07) is 11.6. The molecule has 4 nitrogen and oxygen atoms in total. The number of aromatic amines is 1. The number of nitrogens with one attached hydrogen (secondary N) is 1. The second-order valence-corrected chi connectivity index (χ2v) is 6.10. The van der Waals surface area contributed by atoms with E-state index in [1.165, 1.54) is 0 Å². The molecular formula is C17H12Cl2N4. The number of aryl methyl sites for hydroxylation is 1. The molecule has 2 aromatic heterocycles. The first-order valence-electron chi connectivity index (χ1n) is 7.05. The summed E-state index contributed by atoms with van der Waals surface area (Å²) >= 11 is 12.4. The second-order valence-electron chi connectivity index (χ2n) is 5.25. The molecule has 6 heteroatoms. The maximum Gasteiger partial charge on any atom is 0.107 e. The van der Waals surface area contributed by atoms with Crippen molar-refractivity contribution in [2.24, 2.45) is 7.05 Å². The molecule has 0 fully saturated rings. The van der Waals surface area contributed by atoms with Crippen LogP contribution in [0, 0.1) is 0 Å². The molecule has 4 rings (SSSR count). The predicted molar refractivity (Wildman–Crippen MR) is 93.8 cm³/mol. The van der Waals surface area contributed by atoms with Crippen LogP contribution in [0.4, 0.5) is 0 Å². The van der Waals surface area contributed by atoms with Gasteiger partial charge >= 0.3 is 0 Å². The molecule has 0 amide bonds. The summed E-state index contributed by atoms with van der Waals surface area (Å²) in [7, 11) is 1.91. The topological polar surface area (TPSA) is 46.5 Å². The fraction of sp³-hybridized carbons (Fsp3) is 0.0588. The Kier molecular flexibility index (Phi) is 3.36. The summed E-state index contributed by atoms with van der Waals surface area (Å²) in [6.45, 7) is 0. The minimum atomic E-state index is 0.608. The van der Waals surface area contributed by atoms with Gasteiger partial charge in [0, 0.05) is 39.8 Å². The van der Waals surface area contributed by atoms with E-state index in [4.69, 9.17) is 23.2 Å². The maximum absolute atomic E-state index is 6.37. The summed E-state index contributed by atoms with van der Waals surface area (Å²) in [4.78, 5) is 7.32. The number of hydrogen-bond acceptors (Lipinski definition) is 2. The molecule has 0 aliphatic heterocycles. The number of benzene rings is 2. The Bertz CT molecular complexity index is 1000.